The largest absolute Gasteiger partial charge is 0.480 e. The molecule has 0 aromatic carbocycles. The number of unbranched alkanes of at least 4 members (excludes halogenated alkanes) is 1. The Bertz CT molecular complexity index is 320. The van der Waals surface area contributed by atoms with Crippen molar-refractivity contribution >= 4 is 17.8 Å². The van der Waals surface area contributed by atoms with Gasteiger partial charge in [0.25, 0.3) is 11.8 Å². The molecule has 0 fully saturated rings. The highest BCUT2D eigenvalue weighted by molar-refractivity contribution is 6.12. The predicted octanol–water partition coefficient (Wildman–Crippen LogP) is -0.506. The van der Waals surface area contributed by atoms with Gasteiger partial charge in [-0.15, -0.1) is 0 Å². The minimum Gasteiger partial charge on any atom is -0.480 e. The smallest absolute Gasteiger partial charge is 0.320 e. The van der Waals surface area contributed by atoms with Crippen LogP contribution in [0.4, 0.5) is 0 Å². The fraction of sp³-hybridized carbons (Fsp3) is 0.500. The van der Waals surface area contributed by atoms with E-state index in [1.807, 2.05) is 0 Å². The first-order valence-electron chi connectivity index (χ1n) is 5.04. The van der Waals surface area contributed by atoms with Crippen molar-refractivity contribution in [1.29, 1.82) is 0 Å². The van der Waals surface area contributed by atoms with E-state index in [4.69, 9.17) is 10.8 Å². The molecule has 6 nitrogen and oxygen atoms in total. The van der Waals surface area contributed by atoms with Gasteiger partial charge in [0.15, 0.2) is 0 Å². The number of carboxylic acids is 1. The Morgan fingerprint density at radius 1 is 1.31 bits per heavy atom. The summed E-state index contributed by atoms with van der Waals surface area (Å²) >= 11 is 0. The van der Waals surface area contributed by atoms with Crippen molar-refractivity contribution in [1.82, 2.24) is 4.90 Å². The lowest BCUT2D eigenvalue weighted by Crippen LogP contribution is -2.32. The summed E-state index contributed by atoms with van der Waals surface area (Å²) in [6.45, 7) is 0.316. The van der Waals surface area contributed by atoms with Crippen LogP contribution in [0.25, 0.3) is 0 Å². The first-order chi connectivity index (χ1) is 7.52. The molecule has 0 aromatic rings. The van der Waals surface area contributed by atoms with Gasteiger partial charge >= 0.3 is 5.97 Å². The van der Waals surface area contributed by atoms with E-state index in [1.54, 1.807) is 0 Å². The number of hydrogen-bond donors (Lipinski definition) is 2. The fourth-order valence-corrected chi connectivity index (χ4v) is 1.41. The summed E-state index contributed by atoms with van der Waals surface area (Å²) in [6, 6.07) is -0.872. The fourth-order valence-electron chi connectivity index (χ4n) is 1.41. The Balaban J connectivity index is 2.19. The minimum absolute atomic E-state index is 0.312. The van der Waals surface area contributed by atoms with E-state index in [9.17, 15) is 14.4 Å². The van der Waals surface area contributed by atoms with E-state index >= 15 is 0 Å². The molecule has 1 heterocycles. The molecule has 0 aliphatic carbocycles. The third-order valence-corrected chi connectivity index (χ3v) is 2.36. The summed E-state index contributed by atoms with van der Waals surface area (Å²) in [4.78, 5) is 33.8. The maximum atomic E-state index is 11.1. The van der Waals surface area contributed by atoms with E-state index in [1.165, 1.54) is 12.2 Å². The highest BCUT2D eigenvalue weighted by Gasteiger charge is 2.22. The number of nitrogens with two attached hydrogens (primary N) is 1. The third-order valence-electron chi connectivity index (χ3n) is 2.36. The average Bonchev–Trinajstić information content (AvgIpc) is 2.54. The molecule has 1 aliphatic heterocycles. The monoisotopic (exact) mass is 226 g/mol. The Morgan fingerprint density at radius 3 is 2.38 bits per heavy atom. The summed E-state index contributed by atoms with van der Waals surface area (Å²) in [6.07, 6.45) is 3.94. The Kier molecular flexibility index (Phi) is 4.19. The zero-order valence-electron chi connectivity index (χ0n) is 8.76. The van der Waals surface area contributed by atoms with Crippen LogP contribution in [0.3, 0.4) is 0 Å². The van der Waals surface area contributed by atoms with Gasteiger partial charge in [-0.1, -0.05) is 0 Å². The highest BCUT2D eigenvalue weighted by Crippen LogP contribution is 2.07. The van der Waals surface area contributed by atoms with Gasteiger partial charge in [0, 0.05) is 18.7 Å². The van der Waals surface area contributed by atoms with Crippen molar-refractivity contribution in [2.75, 3.05) is 6.54 Å². The molecule has 0 unspecified atom stereocenters. The minimum atomic E-state index is -1.03. The first kappa shape index (κ1) is 12.4. The molecule has 0 saturated heterocycles. The molecule has 16 heavy (non-hydrogen) atoms. The lowest BCUT2D eigenvalue weighted by molar-refractivity contribution is -0.139. The SMILES string of the molecule is N[C@@H](CCCCN1C(=O)C=CC1=O)C(=O)O. The van der Waals surface area contributed by atoms with Crippen molar-refractivity contribution in [3.05, 3.63) is 12.2 Å². The van der Waals surface area contributed by atoms with Gasteiger partial charge in [0.2, 0.25) is 0 Å². The molecule has 1 aliphatic rings. The van der Waals surface area contributed by atoms with Crippen molar-refractivity contribution in [2.45, 2.75) is 25.3 Å². The molecule has 0 saturated carbocycles. The van der Waals surface area contributed by atoms with Crippen molar-refractivity contribution < 1.29 is 19.5 Å². The molecule has 1 atom stereocenters. The van der Waals surface area contributed by atoms with Gasteiger partial charge in [-0.3, -0.25) is 19.3 Å². The number of carbonyl (C=O) groups excluding carboxylic acids is 2. The molecule has 1 rings (SSSR count). The standard InChI is InChI=1S/C10H14N2O4/c11-7(10(15)16)3-1-2-6-12-8(13)4-5-9(12)14/h4-5,7H,1-3,6,11H2,(H,15,16)/t7-/m0/s1. The molecule has 0 spiro atoms. The van der Waals surface area contributed by atoms with E-state index in [0.29, 0.717) is 25.8 Å². The lowest BCUT2D eigenvalue weighted by atomic mass is 10.1. The number of aliphatic carboxylic acids is 1. The predicted molar refractivity (Wildman–Crippen MR) is 55.3 cm³/mol. The summed E-state index contributed by atoms with van der Waals surface area (Å²) in [5.74, 6) is -1.66. The number of nitrogens with zero attached hydrogens (tertiary/aromatic N) is 1. The number of amides is 2. The van der Waals surface area contributed by atoms with Crippen LogP contribution in [0, 0.1) is 0 Å². The van der Waals surface area contributed by atoms with Gasteiger partial charge in [-0.2, -0.15) is 0 Å². The number of carbonyl (C=O) groups is 3. The van der Waals surface area contributed by atoms with Crippen LogP contribution >= 0.6 is 0 Å². The average molecular weight is 226 g/mol. The van der Waals surface area contributed by atoms with Gasteiger partial charge in [0.1, 0.15) is 6.04 Å². The van der Waals surface area contributed by atoms with Crippen LogP contribution in [0.15, 0.2) is 12.2 Å². The van der Waals surface area contributed by atoms with Gasteiger partial charge in [-0.25, -0.2) is 0 Å². The van der Waals surface area contributed by atoms with Crippen molar-refractivity contribution in [2.24, 2.45) is 5.73 Å². The Labute approximate surface area is 92.7 Å². The molecule has 6 heteroatoms. The number of rotatable bonds is 6. The molecule has 2 amide bonds. The molecule has 88 valence electrons. The second-order valence-corrected chi connectivity index (χ2v) is 3.60. The van der Waals surface area contributed by atoms with Crippen LogP contribution in [-0.4, -0.2) is 40.4 Å². The van der Waals surface area contributed by atoms with Crippen LogP contribution in [0.5, 0.6) is 0 Å². The summed E-state index contributed by atoms with van der Waals surface area (Å²) in [5, 5.41) is 8.52. The molecule has 0 aromatic heterocycles. The van der Waals surface area contributed by atoms with E-state index < -0.39 is 12.0 Å². The molecule has 0 bridgehead atoms. The molecular formula is C10H14N2O4. The summed E-state index contributed by atoms with van der Waals surface area (Å²) in [5.41, 5.74) is 5.31. The topological polar surface area (TPSA) is 101 Å². The van der Waals surface area contributed by atoms with Gasteiger partial charge in [0.05, 0.1) is 0 Å². The van der Waals surface area contributed by atoms with Crippen molar-refractivity contribution in [3.63, 3.8) is 0 Å². The lowest BCUT2D eigenvalue weighted by Gasteiger charge is -2.13. The van der Waals surface area contributed by atoms with Crippen LogP contribution in [0.2, 0.25) is 0 Å². The number of hydrogen-bond acceptors (Lipinski definition) is 4. The van der Waals surface area contributed by atoms with Gasteiger partial charge < -0.3 is 10.8 Å². The highest BCUT2D eigenvalue weighted by atomic mass is 16.4. The first-order valence-corrected chi connectivity index (χ1v) is 5.04. The maximum Gasteiger partial charge on any atom is 0.320 e. The van der Waals surface area contributed by atoms with E-state index in [2.05, 4.69) is 0 Å². The zero-order valence-corrected chi connectivity index (χ0v) is 8.76. The summed E-state index contributed by atoms with van der Waals surface area (Å²) < 4.78 is 0. The van der Waals surface area contributed by atoms with Gasteiger partial charge in [-0.05, 0) is 19.3 Å². The number of imide groups is 1. The second kappa shape index (κ2) is 5.41. The molecule has 0 radical (unpaired) electrons. The maximum absolute atomic E-state index is 11.1. The van der Waals surface area contributed by atoms with E-state index in [-0.39, 0.29) is 11.8 Å². The van der Waals surface area contributed by atoms with Crippen LogP contribution < -0.4 is 5.73 Å². The van der Waals surface area contributed by atoms with Crippen LogP contribution in [0.1, 0.15) is 19.3 Å². The molecular weight excluding hydrogens is 212 g/mol. The summed E-state index contributed by atoms with van der Waals surface area (Å²) in [7, 11) is 0. The van der Waals surface area contributed by atoms with Crippen molar-refractivity contribution in [3.8, 4) is 0 Å². The Hall–Kier alpha value is -1.69. The number of carboxylic acid groups (broad SMARTS) is 1. The second-order valence-electron chi connectivity index (χ2n) is 3.60. The Morgan fingerprint density at radius 2 is 1.88 bits per heavy atom. The quantitative estimate of drug-likeness (QED) is 0.469. The van der Waals surface area contributed by atoms with E-state index in [0.717, 1.165) is 4.90 Å². The zero-order chi connectivity index (χ0) is 12.1. The van der Waals surface area contributed by atoms with Crippen LogP contribution in [-0.2, 0) is 14.4 Å². The third kappa shape index (κ3) is 3.16. The molecule has 3 N–H and O–H groups in total. The normalized spacial score (nSPS) is 16.9.